The van der Waals surface area contributed by atoms with Crippen molar-refractivity contribution in [3.05, 3.63) is 34.9 Å². The highest BCUT2D eigenvalue weighted by Gasteiger charge is 2.08. The van der Waals surface area contributed by atoms with Crippen LogP contribution in [0.5, 0.6) is 0 Å². The van der Waals surface area contributed by atoms with Crippen LogP contribution in [0.2, 0.25) is 5.02 Å². The summed E-state index contributed by atoms with van der Waals surface area (Å²) in [5, 5.41) is 0.532. The van der Waals surface area contributed by atoms with Gasteiger partial charge in [-0.3, -0.25) is 9.59 Å². The zero-order chi connectivity index (χ0) is 12.7. The lowest BCUT2D eigenvalue weighted by atomic mass is 10.2. The van der Waals surface area contributed by atoms with E-state index in [1.54, 1.807) is 31.2 Å². The van der Waals surface area contributed by atoms with Crippen molar-refractivity contribution in [2.24, 2.45) is 0 Å². The molecular formula is C12H13ClO3S. The number of carbonyl (C=O) groups is 2. The molecule has 0 saturated heterocycles. The first-order valence-electron chi connectivity index (χ1n) is 5.21. The second kappa shape index (κ2) is 7.35. The number of thioether (sulfide) groups is 1. The topological polar surface area (TPSA) is 43.4 Å². The summed E-state index contributed by atoms with van der Waals surface area (Å²) in [6, 6.07) is 6.67. The van der Waals surface area contributed by atoms with Crippen LogP contribution in [0, 0.1) is 0 Å². The molecule has 0 fully saturated rings. The average Bonchev–Trinajstić information content (AvgIpc) is 2.30. The van der Waals surface area contributed by atoms with Gasteiger partial charge >= 0.3 is 5.97 Å². The molecule has 1 rings (SSSR count). The van der Waals surface area contributed by atoms with Crippen molar-refractivity contribution >= 4 is 34.4 Å². The van der Waals surface area contributed by atoms with Gasteiger partial charge in [0.15, 0.2) is 0 Å². The zero-order valence-corrected chi connectivity index (χ0v) is 11.0. The lowest BCUT2D eigenvalue weighted by molar-refractivity contribution is -0.142. The molecule has 0 spiro atoms. The summed E-state index contributed by atoms with van der Waals surface area (Å²) in [6.45, 7) is 2.12. The van der Waals surface area contributed by atoms with Crippen molar-refractivity contribution in [3.63, 3.8) is 0 Å². The number of carbonyl (C=O) groups excluding carboxylic acids is 2. The van der Waals surface area contributed by atoms with Gasteiger partial charge in [-0.25, -0.2) is 0 Å². The second-order valence-electron chi connectivity index (χ2n) is 3.20. The number of rotatable bonds is 5. The molecule has 0 bridgehead atoms. The van der Waals surface area contributed by atoms with Gasteiger partial charge in [0.25, 0.3) is 0 Å². The fourth-order valence-corrected chi connectivity index (χ4v) is 2.01. The van der Waals surface area contributed by atoms with Gasteiger partial charge in [-0.05, 0) is 31.2 Å². The molecule has 1 aromatic rings. The Bertz CT molecular complexity index is 389. The highest BCUT2D eigenvalue weighted by molar-refractivity contribution is 8.14. The van der Waals surface area contributed by atoms with Crippen LogP contribution in [-0.2, 0) is 9.53 Å². The Labute approximate surface area is 109 Å². The van der Waals surface area contributed by atoms with E-state index in [1.807, 2.05) is 0 Å². The van der Waals surface area contributed by atoms with Crippen molar-refractivity contribution in [1.29, 1.82) is 0 Å². The summed E-state index contributed by atoms with van der Waals surface area (Å²) < 4.78 is 4.76. The molecule has 0 saturated carbocycles. The van der Waals surface area contributed by atoms with Gasteiger partial charge in [0, 0.05) is 16.3 Å². The first kappa shape index (κ1) is 14.1. The molecule has 92 valence electrons. The van der Waals surface area contributed by atoms with Crippen molar-refractivity contribution in [2.75, 3.05) is 12.4 Å². The Balaban J connectivity index is 2.35. The third-order valence-corrected chi connectivity index (χ3v) is 3.08. The van der Waals surface area contributed by atoms with Crippen LogP contribution < -0.4 is 0 Å². The van der Waals surface area contributed by atoms with E-state index >= 15 is 0 Å². The molecule has 0 aromatic heterocycles. The number of hydrogen-bond donors (Lipinski definition) is 0. The maximum atomic E-state index is 11.7. The first-order chi connectivity index (χ1) is 8.13. The third kappa shape index (κ3) is 5.24. The zero-order valence-electron chi connectivity index (χ0n) is 9.44. The average molecular weight is 273 g/mol. The molecule has 0 heterocycles. The molecule has 0 aliphatic heterocycles. The second-order valence-corrected chi connectivity index (χ2v) is 4.70. The lowest BCUT2D eigenvalue weighted by Crippen LogP contribution is -2.06. The molecule has 0 aliphatic rings. The van der Waals surface area contributed by atoms with Crippen LogP contribution in [-0.4, -0.2) is 23.4 Å². The molecule has 0 amide bonds. The predicted octanol–water partition coefficient (Wildman–Crippen LogP) is 3.17. The van der Waals surface area contributed by atoms with Crippen molar-refractivity contribution in [1.82, 2.24) is 0 Å². The summed E-state index contributed by atoms with van der Waals surface area (Å²) in [6.07, 6.45) is 0.248. The van der Waals surface area contributed by atoms with Gasteiger partial charge < -0.3 is 4.74 Å². The standard InChI is InChI=1S/C12H13ClO3S/c1-2-16-11(14)7-8-17-12(15)9-3-5-10(13)6-4-9/h3-6H,2,7-8H2,1H3. The minimum atomic E-state index is -0.274. The monoisotopic (exact) mass is 272 g/mol. The summed E-state index contributed by atoms with van der Waals surface area (Å²) in [5.41, 5.74) is 0.586. The lowest BCUT2D eigenvalue weighted by Gasteiger charge is -2.02. The van der Waals surface area contributed by atoms with E-state index in [1.165, 1.54) is 0 Å². The molecule has 1 aromatic carbocycles. The Hall–Kier alpha value is -1.00. The van der Waals surface area contributed by atoms with Crippen LogP contribution in [0.25, 0.3) is 0 Å². The van der Waals surface area contributed by atoms with Crippen molar-refractivity contribution < 1.29 is 14.3 Å². The van der Waals surface area contributed by atoms with Gasteiger partial charge in [-0.15, -0.1) is 0 Å². The number of benzene rings is 1. The number of ether oxygens (including phenoxy) is 1. The van der Waals surface area contributed by atoms with Crippen molar-refractivity contribution in [3.8, 4) is 0 Å². The van der Waals surface area contributed by atoms with Crippen LogP contribution in [0.15, 0.2) is 24.3 Å². The number of halogens is 1. The molecule has 5 heteroatoms. The van der Waals surface area contributed by atoms with Gasteiger partial charge in [-0.1, -0.05) is 23.4 Å². The highest BCUT2D eigenvalue weighted by Crippen LogP contribution is 2.16. The summed E-state index contributed by atoms with van der Waals surface area (Å²) in [7, 11) is 0. The van der Waals surface area contributed by atoms with E-state index in [0.717, 1.165) is 11.8 Å². The molecule has 17 heavy (non-hydrogen) atoms. The maximum Gasteiger partial charge on any atom is 0.306 e. The van der Waals surface area contributed by atoms with Crippen molar-refractivity contribution in [2.45, 2.75) is 13.3 Å². The smallest absolute Gasteiger partial charge is 0.306 e. The van der Waals surface area contributed by atoms with Gasteiger partial charge in [-0.2, -0.15) is 0 Å². The molecule has 3 nitrogen and oxygen atoms in total. The molecule has 0 aliphatic carbocycles. The summed E-state index contributed by atoms with van der Waals surface area (Å²) in [4.78, 5) is 22.7. The van der Waals surface area contributed by atoms with E-state index in [0.29, 0.717) is 22.9 Å². The van der Waals surface area contributed by atoms with Gasteiger partial charge in [0.1, 0.15) is 0 Å². The van der Waals surface area contributed by atoms with Crippen LogP contribution in [0.3, 0.4) is 0 Å². The first-order valence-corrected chi connectivity index (χ1v) is 6.58. The van der Waals surface area contributed by atoms with E-state index in [2.05, 4.69) is 0 Å². The third-order valence-electron chi connectivity index (χ3n) is 1.92. The molecule has 0 radical (unpaired) electrons. The number of hydrogen-bond acceptors (Lipinski definition) is 4. The minimum Gasteiger partial charge on any atom is -0.466 e. The molecule has 0 N–H and O–H groups in total. The fourth-order valence-electron chi connectivity index (χ4n) is 1.13. The Morgan fingerprint density at radius 1 is 1.29 bits per heavy atom. The molecular weight excluding hydrogens is 260 g/mol. The predicted molar refractivity (Wildman–Crippen MR) is 69.5 cm³/mol. The Morgan fingerprint density at radius 2 is 1.94 bits per heavy atom. The van der Waals surface area contributed by atoms with E-state index < -0.39 is 0 Å². The minimum absolute atomic E-state index is 0.0639. The normalized spacial score (nSPS) is 10.0. The van der Waals surface area contributed by atoms with E-state index in [-0.39, 0.29) is 17.5 Å². The summed E-state index contributed by atoms with van der Waals surface area (Å²) in [5.74, 6) is 0.157. The van der Waals surface area contributed by atoms with Gasteiger partial charge in [0.05, 0.1) is 13.0 Å². The number of esters is 1. The van der Waals surface area contributed by atoms with Gasteiger partial charge in [0.2, 0.25) is 5.12 Å². The van der Waals surface area contributed by atoms with E-state index in [9.17, 15) is 9.59 Å². The summed E-state index contributed by atoms with van der Waals surface area (Å²) >= 11 is 6.82. The SMILES string of the molecule is CCOC(=O)CCSC(=O)c1ccc(Cl)cc1. The largest absolute Gasteiger partial charge is 0.466 e. The Kier molecular flexibility index (Phi) is 6.08. The highest BCUT2D eigenvalue weighted by atomic mass is 35.5. The molecule has 0 atom stereocenters. The molecule has 0 unspecified atom stereocenters. The quantitative estimate of drug-likeness (QED) is 0.772. The Morgan fingerprint density at radius 3 is 2.53 bits per heavy atom. The van der Waals surface area contributed by atoms with E-state index in [4.69, 9.17) is 16.3 Å². The van der Waals surface area contributed by atoms with Crippen LogP contribution in [0.4, 0.5) is 0 Å². The maximum absolute atomic E-state index is 11.7. The van der Waals surface area contributed by atoms with Crippen LogP contribution in [0.1, 0.15) is 23.7 Å². The fraction of sp³-hybridized carbons (Fsp3) is 0.333. The van der Waals surface area contributed by atoms with Crippen LogP contribution >= 0.6 is 23.4 Å².